The predicted molar refractivity (Wildman–Crippen MR) is 96.5 cm³/mol. The zero-order valence-electron chi connectivity index (χ0n) is 14.6. The minimum Gasteiger partial charge on any atom is -0.493 e. The Labute approximate surface area is 159 Å². The van der Waals surface area contributed by atoms with Crippen LogP contribution in [0.15, 0.2) is 23.6 Å². The van der Waals surface area contributed by atoms with Gasteiger partial charge in [-0.05, 0) is 30.5 Å². The minimum absolute atomic E-state index is 0.171. The first-order chi connectivity index (χ1) is 13.0. The lowest BCUT2D eigenvalue weighted by Crippen LogP contribution is -2.30. The Hall–Kier alpha value is -3.25. The van der Waals surface area contributed by atoms with Gasteiger partial charge in [0.1, 0.15) is 24.3 Å². The topological polar surface area (TPSA) is 107 Å². The molecule has 3 rings (SSSR count). The molecule has 8 nitrogen and oxygen atoms in total. The van der Waals surface area contributed by atoms with Crippen LogP contribution in [0.3, 0.4) is 0 Å². The van der Waals surface area contributed by atoms with Crippen LogP contribution in [0.5, 0.6) is 17.2 Å². The number of fused-ring (bicyclic) bond motifs is 1. The van der Waals surface area contributed by atoms with E-state index in [0.717, 1.165) is 0 Å². The first kappa shape index (κ1) is 18.5. The molecule has 1 N–H and O–H groups in total. The third-order valence-corrected chi connectivity index (χ3v) is 4.57. The van der Waals surface area contributed by atoms with E-state index in [-0.39, 0.29) is 5.56 Å². The Kier molecular flexibility index (Phi) is 5.47. The van der Waals surface area contributed by atoms with Crippen LogP contribution in [0.25, 0.3) is 0 Å². The van der Waals surface area contributed by atoms with Crippen molar-refractivity contribution in [1.29, 1.82) is 5.26 Å². The van der Waals surface area contributed by atoms with Gasteiger partial charge in [-0.15, -0.1) is 11.3 Å². The SMILES string of the molecule is COc1cc(C(=O)O[C@H](C)C(=O)Nc2sccc2C#N)cc2c1OCCO2. The maximum Gasteiger partial charge on any atom is 0.339 e. The van der Waals surface area contributed by atoms with E-state index in [9.17, 15) is 9.59 Å². The molecule has 0 radical (unpaired) electrons. The standard InChI is InChI=1S/C18H16N2O6S/c1-10(16(21)20-17-11(9-19)3-6-27-17)26-18(22)12-7-13(23-2)15-14(8-12)24-4-5-25-15/h3,6-8,10H,4-5H2,1-2H3,(H,20,21)/t10-/m1/s1. The number of amides is 1. The fourth-order valence-corrected chi connectivity index (χ4v) is 3.12. The Balaban J connectivity index is 1.71. The molecular formula is C18H16N2O6S. The van der Waals surface area contributed by atoms with Gasteiger partial charge in [-0.1, -0.05) is 0 Å². The molecule has 1 aliphatic rings. The van der Waals surface area contributed by atoms with Gasteiger partial charge >= 0.3 is 5.97 Å². The number of anilines is 1. The van der Waals surface area contributed by atoms with Gasteiger partial charge in [-0.3, -0.25) is 4.79 Å². The highest BCUT2D eigenvalue weighted by Crippen LogP contribution is 2.40. The van der Waals surface area contributed by atoms with Crippen LogP contribution in [0, 0.1) is 11.3 Å². The summed E-state index contributed by atoms with van der Waals surface area (Å²) in [7, 11) is 1.45. The number of thiophene rings is 1. The van der Waals surface area contributed by atoms with Crippen molar-refractivity contribution in [2.24, 2.45) is 0 Å². The lowest BCUT2D eigenvalue weighted by molar-refractivity contribution is -0.123. The van der Waals surface area contributed by atoms with E-state index in [1.165, 1.54) is 37.5 Å². The number of carbonyl (C=O) groups is 2. The highest BCUT2D eigenvalue weighted by Gasteiger charge is 2.24. The molecule has 1 aliphatic heterocycles. The average molecular weight is 388 g/mol. The van der Waals surface area contributed by atoms with Crippen LogP contribution in [-0.4, -0.2) is 38.3 Å². The number of rotatable bonds is 5. The number of ether oxygens (including phenoxy) is 4. The van der Waals surface area contributed by atoms with Crippen molar-refractivity contribution >= 4 is 28.2 Å². The second kappa shape index (κ2) is 7.97. The van der Waals surface area contributed by atoms with Crippen molar-refractivity contribution in [3.8, 4) is 23.3 Å². The molecular weight excluding hydrogens is 372 g/mol. The maximum atomic E-state index is 12.4. The predicted octanol–water partition coefficient (Wildman–Crippen LogP) is 2.58. The largest absolute Gasteiger partial charge is 0.493 e. The number of benzene rings is 1. The molecule has 0 saturated heterocycles. The number of esters is 1. The van der Waals surface area contributed by atoms with E-state index in [4.69, 9.17) is 24.2 Å². The van der Waals surface area contributed by atoms with Crippen molar-refractivity contribution in [1.82, 2.24) is 0 Å². The molecule has 1 aromatic heterocycles. The summed E-state index contributed by atoms with van der Waals surface area (Å²) in [5.74, 6) is -0.102. The molecule has 0 spiro atoms. The maximum absolute atomic E-state index is 12.4. The molecule has 0 aliphatic carbocycles. The lowest BCUT2D eigenvalue weighted by Gasteiger charge is -2.21. The summed E-state index contributed by atoms with van der Waals surface area (Å²) in [6.07, 6.45) is -1.06. The Morgan fingerprint density at radius 3 is 2.85 bits per heavy atom. The summed E-state index contributed by atoms with van der Waals surface area (Å²) >= 11 is 1.21. The Morgan fingerprint density at radius 1 is 1.33 bits per heavy atom. The molecule has 27 heavy (non-hydrogen) atoms. The van der Waals surface area contributed by atoms with Crippen LogP contribution in [-0.2, 0) is 9.53 Å². The minimum atomic E-state index is -1.06. The number of nitrogens with zero attached hydrogens (tertiary/aromatic N) is 1. The van der Waals surface area contributed by atoms with Gasteiger partial charge < -0.3 is 24.3 Å². The first-order valence-electron chi connectivity index (χ1n) is 8.00. The number of methoxy groups -OCH3 is 1. The third-order valence-electron chi connectivity index (χ3n) is 3.74. The highest BCUT2D eigenvalue weighted by molar-refractivity contribution is 7.14. The molecule has 140 valence electrons. The molecule has 1 aromatic carbocycles. The number of hydrogen-bond donors (Lipinski definition) is 1. The van der Waals surface area contributed by atoms with Gasteiger partial charge in [0.15, 0.2) is 17.6 Å². The van der Waals surface area contributed by atoms with Crippen molar-refractivity contribution in [2.45, 2.75) is 13.0 Å². The average Bonchev–Trinajstić information content (AvgIpc) is 3.13. The van der Waals surface area contributed by atoms with E-state index in [0.29, 0.717) is 41.0 Å². The molecule has 1 amide bonds. The second-order valence-corrected chi connectivity index (χ2v) is 6.43. The van der Waals surface area contributed by atoms with Crippen molar-refractivity contribution in [3.63, 3.8) is 0 Å². The summed E-state index contributed by atoms with van der Waals surface area (Å²) in [5.41, 5.74) is 0.521. The van der Waals surface area contributed by atoms with E-state index in [2.05, 4.69) is 5.32 Å². The molecule has 2 heterocycles. The molecule has 1 atom stereocenters. The smallest absolute Gasteiger partial charge is 0.339 e. The van der Waals surface area contributed by atoms with Crippen LogP contribution in [0.2, 0.25) is 0 Å². The second-order valence-electron chi connectivity index (χ2n) is 5.51. The van der Waals surface area contributed by atoms with Gasteiger partial charge in [0.25, 0.3) is 5.91 Å². The Morgan fingerprint density at radius 2 is 2.11 bits per heavy atom. The van der Waals surface area contributed by atoms with Crippen LogP contribution < -0.4 is 19.5 Å². The monoisotopic (exact) mass is 388 g/mol. The van der Waals surface area contributed by atoms with Gasteiger partial charge in [0.2, 0.25) is 5.75 Å². The van der Waals surface area contributed by atoms with E-state index in [1.54, 1.807) is 11.4 Å². The van der Waals surface area contributed by atoms with Crippen LogP contribution in [0.1, 0.15) is 22.8 Å². The van der Waals surface area contributed by atoms with Crippen molar-refractivity contribution in [3.05, 3.63) is 34.7 Å². The molecule has 0 bridgehead atoms. The number of nitriles is 1. The molecule has 0 unspecified atom stereocenters. The van der Waals surface area contributed by atoms with Gasteiger partial charge in [-0.25, -0.2) is 4.79 Å². The number of hydrogen-bond acceptors (Lipinski definition) is 8. The fraction of sp³-hybridized carbons (Fsp3) is 0.278. The van der Waals surface area contributed by atoms with Crippen LogP contribution >= 0.6 is 11.3 Å². The highest BCUT2D eigenvalue weighted by atomic mass is 32.1. The lowest BCUT2D eigenvalue weighted by atomic mass is 10.1. The summed E-state index contributed by atoms with van der Waals surface area (Å²) < 4.78 is 21.4. The summed E-state index contributed by atoms with van der Waals surface area (Å²) in [6.45, 7) is 2.19. The number of carbonyl (C=O) groups excluding carboxylic acids is 2. The van der Waals surface area contributed by atoms with Gasteiger partial charge in [0, 0.05) is 0 Å². The normalized spacial score (nSPS) is 13.2. The van der Waals surface area contributed by atoms with E-state index < -0.39 is 18.0 Å². The fourth-order valence-electron chi connectivity index (χ4n) is 2.38. The first-order valence-corrected chi connectivity index (χ1v) is 8.88. The van der Waals surface area contributed by atoms with Gasteiger partial charge in [-0.2, -0.15) is 5.26 Å². The summed E-state index contributed by atoms with van der Waals surface area (Å²) in [4.78, 5) is 24.7. The van der Waals surface area contributed by atoms with E-state index in [1.807, 2.05) is 6.07 Å². The van der Waals surface area contributed by atoms with E-state index >= 15 is 0 Å². The summed E-state index contributed by atoms with van der Waals surface area (Å²) in [5, 5.41) is 13.7. The van der Waals surface area contributed by atoms with Crippen LogP contribution in [0.4, 0.5) is 5.00 Å². The zero-order valence-corrected chi connectivity index (χ0v) is 15.4. The molecule has 0 saturated carbocycles. The molecule has 9 heteroatoms. The molecule has 0 fully saturated rings. The Bertz CT molecular complexity index is 900. The van der Waals surface area contributed by atoms with Crippen molar-refractivity contribution < 1.29 is 28.5 Å². The van der Waals surface area contributed by atoms with Crippen molar-refractivity contribution in [2.75, 3.05) is 25.6 Å². The molecule has 2 aromatic rings. The quantitative estimate of drug-likeness (QED) is 0.785. The zero-order chi connectivity index (χ0) is 19.4. The van der Waals surface area contributed by atoms with Gasteiger partial charge in [0.05, 0.1) is 18.2 Å². The summed E-state index contributed by atoms with van der Waals surface area (Å²) in [6, 6.07) is 6.52. The number of nitrogens with one attached hydrogen (secondary N) is 1. The third kappa shape index (κ3) is 3.96.